The highest BCUT2D eigenvalue weighted by molar-refractivity contribution is 5.48. The quantitative estimate of drug-likeness (QED) is 0.723. The lowest BCUT2D eigenvalue weighted by Gasteiger charge is -2.23. The molecule has 1 N–H and O–H groups in total. The first kappa shape index (κ1) is 15.2. The third kappa shape index (κ3) is 4.14. The van der Waals surface area contributed by atoms with Gasteiger partial charge in [0.1, 0.15) is 13.2 Å². The van der Waals surface area contributed by atoms with Crippen molar-refractivity contribution in [1.82, 2.24) is 0 Å². The molecule has 0 aromatic heterocycles. The molecule has 20 heavy (non-hydrogen) atoms. The Bertz CT molecular complexity index is 403. The van der Waals surface area contributed by atoms with E-state index in [1.54, 1.807) is 0 Å². The first-order valence-electron chi connectivity index (χ1n) is 7.89. The predicted octanol–water partition coefficient (Wildman–Crippen LogP) is 4.24. The van der Waals surface area contributed by atoms with Crippen LogP contribution in [0.2, 0.25) is 0 Å². The van der Waals surface area contributed by atoms with Crippen LogP contribution in [0.15, 0.2) is 18.2 Å². The second kappa shape index (κ2) is 8.15. The minimum atomic E-state index is -0.446. The van der Waals surface area contributed by atoms with Crippen LogP contribution in [0.4, 0.5) is 0 Å². The molecule has 1 aromatic rings. The van der Waals surface area contributed by atoms with Crippen molar-refractivity contribution in [2.45, 2.75) is 58.0 Å². The van der Waals surface area contributed by atoms with E-state index in [4.69, 9.17) is 9.47 Å². The first-order valence-corrected chi connectivity index (χ1v) is 7.89. The zero-order chi connectivity index (χ0) is 14.2. The molecule has 1 unspecified atom stereocenters. The number of fused-ring (bicyclic) bond motifs is 1. The van der Waals surface area contributed by atoms with E-state index in [0.717, 1.165) is 29.9 Å². The molecule has 1 atom stereocenters. The second-order valence-corrected chi connectivity index (χ2v) is 5.44. The van der Waals surface area contributed by atoms with Gasteiger partial charge in [-0.25, -0.2) is 0 Å². The van der Waals surface area contributed by atoms with Crippen LogP contribution in [0.25, 0.3) is 0 Å². The summed E-state index contributed by atoms with van der Waals surface area (Å²) in [6.45, 7) is 3.38. The molecule has 0 radical (unpaired) electrons. The topological polar surface area (TPSA) is 38.7 Å². The number of benzene rings is 1. The molecule has 112 valence electrons. The van der Waals surface area contributed by atoms with E-state index in [-0.39, 0.29) is 0 Å². The van der Waals surface area contributed by atoms with Gasteiger partial charge in [-0.2, -0.15) is 0 Å². The SMILES string of the molecule is CCCCCCCCC(O)c1cccc2c1OCCO2. The van der Waals surface area contributed by atoms with Gasteiger partial charge in [-0.05, 0) is 12.5 Å². The molecular weight excluding hydrogens is 252 g/mol. The number of hydrogen-bond acceptors (Lipinski definition) is 3. The van der Waals surface area contributed by atoms with Crippen LogP contribution < -0.4 is 9.47 Å². The summed E-state index contributed by atoms with van der Waals surface area (Å²) < 4.78 is 11.2. The van der Waals surface area contributed by atoms with E-state index >= 15 is 0 Å². The first-order chi connectivity index (χ1) is 9.83. The van der Waals surface area contributed by atoms with Crippen molar-refractivity contribution in [3.8, 4) is 11.5 Å². The third-order valence-corrected chi connectivity index (χ3v) is 3.79. The summed E-state index contributed by atoms with van der Waals surface area (Å²) in [5.74, 6) is 1.49. The molecule has 3 heteroatoms. The fourth-order valence-corrected chi connectivity index (χ4v) is 2.63. The van der Waals surface area contributed by atoms with Crippen molar-refractivity contribution in [2.75, 3.05) is 13.2 Å². The maximum absolute atomic E-state index is 10.3. The molecule has 0 saturated carbocycles. The summed E-state index contributed by atoms with van der Waals surface area (Å²) in [4.78, 5) is 0. The summed E-state index contributed by atoms with van der Waals surface area (Å²) in [5.41, 5.74) is 0.871. The fraction of sp³-hybridized carbons (Fsp3) is 0.647. The Morgan fingerprint density at radius 3 is 2.65 bits per heavy atom. The summed E-state index contributed by atoms with van der Waals surface area (Å²) in [5, 5.41) is 10.3. The molecule has 0 amide bonds. The van der Waals surface area contributed by atoms with E-state index in [2.05, 4.69) is 6.92 Å². The van der Waals surface area contributed by atoms with Crippen LogP contribution in [0, 0.1) is 0 Å². The lowest BCUT2D eigenvalue weighted by Crippen LogP contribution is -2.17. The zero-order valence-corrected chi connectivity index (χ0v) is 12.4. The van der Waals surface area contributed by atoms with Crippen molar-refractivity contribution in [3.05, 3.63) is 23.8 Å². The molecule has 1 aromatic carbocycles. The Balaban J connectivity index is 1.82. The van der Waals surface area contributed by atoms with Crippen LogP contribution in [0.5, 0.6) is 11.5 Å². The van der Waals surface area contributed by atoms with Gasteiger partial charge in [-0.15, -0.1) is 0 Å². The largest absolute Gasteiger partial charge is 0.486 e. The average molecular weight is 278 g/mol. The molecule has 1 aliphatic heterocycles. The van der Waals surface area contributed by atoms with E-state index in [9.17, 15) is 5.11 Å². The molecule has 0 fully saturated rings. The molecule has 3 nitrogen and oxygen atoms in total. The number of aliphatic hydroxyl groups is 1. The van der Waals surface area contributed by atoms with Gasteiger partial charge in [0.25, 0.3) is 0 Å². The molecular formula is C17H26O3. The number of para-hydroxylation sites is 1. The van der Waals surface area contributed by atoms with Crippen molar-refractivity contribution < 1.29 is 14.6 Å². The molecule has 0 spiro atoms. The lowest BCUT2D eigenvalue weighted by atomic mass is 10.0. The predicted molar refractivity (Wildman–Crippen MR) is 80.4 cm³/mol. The van der Waals surface area contributed by atoms with Crippen molar-refractivity contribution in [3.63, 3.8) is 0 Å². The molecule has 0 bridgehead atoms. The van der Waals surface area contributed by atoms with Crippen molar-refractivity contribution in [1.29, 1.82) is 0 Å². The van der Waals surface area contributed by atoms with Gasteiger partial charge in [-0.3, -0.25) is 0 Å². The number of aliphatic hydroxyl groups excluding tert-OH is 1. The van der Waals surface area contributed by atoms with Crippen LogP contribution in [-0.4, -0.2) is 18.3 Å². The van der Waals surface area contributed by atoms with Crippen LogP contribution >= 0.6 is 0 Å². The van der Waals surface area contributed by atoms with Crippen molar-refractivity contribution >= 4 is 0 Å². The standard InChI is InChI=1S/C17H26O3/c1-2-3-4-5-6-7-10-15(18)14-9-8-11-16-17(14)20-13-12-19-16/h8-9,11,15,18H,2-7,10,12-13H2,1H3. The van der Waals surface area contributed by atoms with Gasteiger partial charge in [0.15, 0.2) is 11.5 Å². The number of hydrogen-bond donors (Lipinski definition) is 1. The van der Waals surface area contributed by atoms with Crippen LogP contribution in [0.1, 0.15) is 63.5 Å². The summed E-state index contributed by atoms with van der Waals surface area (Å²) in [7, 11) is 0. The van der Waals surface area contributed by atoms with Gasteiger partial charge in [0, 0.05) is 5.56 Å². The highest BCUT2D eigenvalue weighted by atomic mass is 16.6. The van der Waals surface area contributed by atoms with Gasteiger partial charge in [0.2, 0.25) is 0 Å². The highest BCUT2D eigenvalue weighted by Gasteiger charge is 2.20. The van der Waals surface area contributed by atoms with E-state index in [1.807, 2.05) is 18.2 Å². The Hall–Kier alpha value is -1.22. The Labute approximate surface area is 121 Å². The van der Waals surface area contributed by atoms with Gasteiger partial charge >= 0.3 is 0 Å². The monoisotopic (exact) mass is 278 g/mol. The normalized spacial score (nSPS) is 15.1. The number of unbranched alkanes of at least 4 members (excludes halogenated alkanes) is 5. The average Bonchev–Trinajstić information content (AvgIpc) is 2.50. The van der Waals surface area contributed by atoms with E-state index < -0.39 is 6.10 Å². The van der Waals surface area contributed by atoms with E-state index in [0.29, 0.717) is 13.2 Å². The highest BCUT2D eigenvalue weighted by Crippen LogP contribution is 2.38. The molecule has 0 aliphatic carbocycles. The molecule has 2 rings (SSSR count). The summed E-state index contributed by atoms with van der Waals surface area (Å²) in [6, 6.07) is 5.76. The van der Waals surface area contributed by atoms with Gasteiger partial charge < -0.3 is 14.6 Å². The van der Waals surface area contributed by atoms with Crippen molar-refractivity contribution in [2.24, 2.45) is 0 Å². The zero-order valence-electron chi connectivity index (χ0n) is 12.4. The summed E-state index contributed by atoms with van der Waals surface area (Å²) in [6.07, 6.45) is 7.79. The smallest absolute Gasteiger partial charge is 0.167 e. The minimum absolute atomic E-state index is 0.446. The lowest BCUT2D eigenvalue weighted by molar-refractivity contribution is 0.139. The van der Waals surface area contributed by atoms with E-state index in [1.165, 1.54) is 32.1 Å². The number of ether oxygens (including phenoxy) is 2. The third-order valence-electron chi connectivity index (χ3n) is 3.79. The minimum Gasteiger partial charge on any atom is -0.486 e. The Morgan fingerprint density at radius 1 is 1.05 bits per heavy atom. The fourth-order valence-electron chi connectivity index (χ4n) is 2.63. The maximum Gasteiger partial charge on any atom is 0.167 e. The molecule has 0 saturated heterocycles. The summed E-state index contributed by atoms with van der Waals surface area (Å²) >= 11 is 0. The van der Waals surface area contributed by atoms with Gasteiger partial charge in [-0.1, -0.05) is 57.6 Å². The van der Waals surface area contributed by atoms with Crippen LogP contribution in [-0.2, 0) is 0 Å². The maximum atomic E-state index is 10.3. The Kier molecular flexibility index (Phi) is 6.19. The Morgan fingerprint density at radius 2 is 1.80 bits per heavy atom. The molecule has 1 aliphatic rings. The molecule has 1 heterocycles. The number of rotatable bonds is 8. The van der Waals surface area contributed by atoms with Gasteiger partial charge in [0.05, 0.1) is 6.10 Å². The van der Waals surface area contributed by atoms with Crippen LogP contribution in [0.3, 0.4) is 0 Å². The second-order valence-electron chi connectivity index (χ2n) is 5.44.